The van der Waals surface area contributed by atoms with Gasteiger partial charge in [-0.3, -0.25) is 0 Å². The molecule has 18 heavy (non-hydrogen) atoms. The maximum absolute atomic E-state index is 11.8. The summed E-state index contributed by atoms with van der Waals surface area (Å²) >= 11 is 0. The Morgan fingerprint density at radius 1 is 1.17 bits per heavy atom. The molecule has 1 N–H and O–H groups in total. The van der Waals surface area contributed by atoms with Crippen molar-refractivity contribution in [3.8, 4) is 0 Å². The maximum atomic E-state index is 11.8. The van der Waals surface area contributed by atoms with Crippen molar-refractivity contribution >= 4 is 11.7 Å². The van der Waals surface area contributed by atoms with Gasteiger partial charge in [-0.15, -0.1) is 0 Å². The van der Waals surface area contributed by atoms with E-state index < -0.39 is 0 Å². The molecule has 4 nitrogen and oxygen atoms in total. The minimum absolute atomic E-state index is 0.0164. The second-order valence-electron chi connectivity index (χ2n) is 4.90. The van der Waals surface area contributed by atoms with E-state index in [-0.39, 0.29) is 18.1 Å². The number of hydrogen-bond acceptors (Lipinski definition) is 2. The van der Waals surface area contributed by atoms with Gasteiger partial charge in [-0.05, 0) is 26.0 Å². The van der Waals surface area contributed by atoms with Crippen molar-refractivity contribution in [1.82, 2.24) is 10.2 Å². The minimum atomic E-state index is 0.0164. The lowest BCUT2D eigenvalue weighted by Crippen LogP contribution is -2.60. The molecular weight excluding hydrogens is 226 g/mol. The Bertz CT molecular complexity index is 395. The van der Waals surface area contributed by atoms with Crippen molar-refractivity contribution in [2.24, 2.45) is 0 Å². The highest BCUT2D eigenvalue weighted by Crippen LogP contribution is 2.22. The zero-order valence-electron chi connectivity index (χ0n) is 11.3. The van der Waals surface area contributed by atoms with E-state index in [4.69, 9.17) is 0 Å². The van der Waals surface area contributed by atoms with Gasteiger partial charge in [-0.2, -0.15) is 0 Å². The Hall–Kier alpha value is -1.71. The molecule has 98 valence electrons. The standard InChI is InChI=1S/C14H21N3O/c1-11-9-16(13-7-5-4-6-8-13)10-12(2)17(11)14(18)15-3/h4-8,11-12H,9-10H2,1-3H3,(H,15,18). The quantitative estimate of drug-likeness (QED) is 0.823. The molecule has 2 atom stereocenters. The third kappa shape index (κ3) is 2.42. The van der Waals surface area contributed by atoms with Crippen molar-refractivity contribution in [2.45, 2.75) is 25.9 Å². The van der Waals surface area contributed by atoms with E-state index in [2.05, 4.69) is 48.3 Å². The molecule has 0 aliphatic carbocycles. The number of nitrogens with zero attached hydrogens (tertiary/aromatic N) is 2. The lowest BCUT2D eigenvalue weighted by Gasteiger charge is -2.45. The highest BCUT2D eigenvalue weighted by molar-refractivity contribution is 5.75. The van der Waals surface area contributed by atoms with Crippen LogP contribution in [0.1, 0.15) is 13.8 Å². The van der Waals surface area contributed by atoms with Crippen LogP contribution < -0.4 is 10.2 Å². The van der Waals surface area contributed by atoms with Crippen LogP contribution in [0.15, 0.2) is 30.3 Å². The van der Waals surface area contributed by atoms with Gasteiger partial charge in [0.2, 0.25) is 0 Å². The number of urea groups is 1. The molecule has 0 bridgehead atoms. The predicted molar refractivity (Wildman–Crippen MR) is 73.9 cm³/mol. The molecule has 1 fully saturated rings. The number of carbonyl (C=O) groups is 1. The van der Waals surface area contributed by atoms with Crippen LogP contribution in [0.4, 0.5) is 10.5 Å². The Kier molecular flexibility index (Phi) is 3.75. The van der Waals surface area contributed by atoms with Crippen LogP contribution >= 0.6 is 0 Å². The van der Waals surface area contributed by atoms with Crippen molar-refractivity contribution in [2.75, 3.05) is 25.0 Å². The van der Waals surface area contributed by atoms with Crippen LogP contribution in [0.2, 0.25) is 0 Å². The van der Waals surface area contributed by atoms with Gasteiger partial charge in [-0.1, -0.05) is 18.2 Å². The largest absolute Gasteiger partial charge is 0.367 e. The highest BCUT2D eigenvalue weighted by Gasteiger charge is 2.32. The molecule has 1 saturated heterocycles. The number of hydrogen-bond donors (Lipinski definition) is 1. The zero-order chi connectivity index (χ0) is 13.1. The van der Waals surface area contributed by atoms with E-state index in [0.29, 0.717) is 0 Å². The molecule has 1 aliphatic rings. The fraction of sp³-hybridized carbons (Fsp3) is 0.500. The monoisotopic (exact) mass is 247 g/mol. The first-order valence-corrected chi connectivity index (χ1v) is 6.43. The van der Waals surface area contributed by atoms with E-state index in [9.17, 15) is 4.79 Å². The first-order chi connectivity index (χ1) is 8.63. The van der Waals surface area contributed by atoms with Crippen LogP contribution in [-0.2, 0) is 0 Å². The van der Waals surface area contributed by atoms with Crippen LogP contribution in [0, 0.1) is 0 Å². The lowest BCUT2D eigenvalue weighted by molar-refractivity contribution is 0.144. The van der Waals surface area contributed by atoms with Crippen LogP contribution in [0.5, 0.6) is 0 Å². The van der Waals surface area contributed by atoms with Gasteiger partial charge in [0.25, 0.3) is 0 Å². The van der Waals surface area contributed by atoms with Gasteiger partial charge in [0.15, 0.2) is 0 Å². The summed E-state index contributed by atoms with van der Waals surface area (Å²) < 4.78 is 0. The van der Waals surface area contributed by atoms with Crippen LogP contribution in [0.25, 0.3) is 0 Å². The Balaban J connectivity index is 2.12. The molecule has 2 unspecified atom stereocenters. The second-order valence-corrected chi connectivity index (χ2v) is 4.90. The summed E-state index contributed by atoms with van der Waals surface area (Å²) in [5.74, 6) is 0. The number of carbonyl (C=O) groups excluding carboxylic acids is 1. The molecule has 2 amide bonds. The van der Waals surface area contributed by atoms with E-state index in [0.717, 1.165) is 13.1 Å². The van der Waals surface area contributed by atoms with Crippen molar-refractivity contribution in [3.05, 3.63) is 30.3 Å². The zero-order valence-corrected chi connectivity index (χ0v) is 11.3. The van der Waals surface area contributed by atoms with Gasteiger partial charge >= 0.3 is 6.03 Å². The first kappa shape index (κ1) is 12.7. The topological polar surface area (TPSA) is 35.6 Å². The summed E-state index contributed by atoms with van der Waals surface area (Å²) in [5.41, 5.74) is 1.23. The van der Waals surface area contributed by atoms with Gasteiger partial charge in [0.1, 0.15) is 0 Å². The fourth-order valence-corrected chi connectivity index (χ4v) is 2.70. The van der Waals surface area contributed by atoms with Crippen molar-refractivity contribution in [3.63, 3.8) is 0 Å². The number of anilines is 1. The van der Waals surface area contributed by atoms with E-state index in [1.165, 1.54) is 5.69 Å². The number of nitrogens with one attached hydrogen (secondary N) is 1. The normalized spacial score (nSPS) is 23.9. The summed E-state index contributed by atoms with van der Waals surface area (Å²) in [4.78, 5) is 16.1. The van der Waals surface area contributed by atoms with Crippen LogP contribution in [-0.4, -0.2) is 43.2 Å². The molecule has 4 heteroatoms. The smallest absolute Gasteiger partial charge is 0.317 e. The van der Waals surface area contributed by atoms with Crippen LogP contribution in [0.3, 0.4) is 0 Å². The summed E-state index contributed by atoms with van der Waals surface area (Å²) in [6.45, 7) is 5.95. The van der Waals surface area contributed by atoms with Crippen molar-refractivity contribution in [1.29, 1.82) is 0 Å². The average Bonchev–Trinajstić information content (AvgIpc) is 2.38. The molecule has 0 aromatic heterocycles. The average molecular weight is 247 g/mol. The molecule has 1 heterocycles. The van der Waals surface area contributed by atoms with Gasteiger partial charge in [0, 0.05) is 37.9 Å². The van der Waals surface area contributed by atoms with E-state index >= 15 is 0 Å². The number of benzene rings is 1. The van der Waals surface area contributed by atoms with Gasteiger partial charge < -0.3 is 15.1 Å². The van der Waals surface area contributed by atoms with Gasteiger partial charge in [-0.25, -0.2) is 4.79 Å². The first-order valence-electron chi connectivity index (χ1n) is 6.43. The summed E-state index contributed by atoms with van der Waals surface area (Å²) in [6, 6.07) is 10.8. The minimum Gasteiger partial charge on any atom is -0.367 e. The molecule has 0 saturated carbocycles. The summed E-state index contributed by atoms with van der Waals surface area (Å²) in [6.07, 6.45) is 0. The molecule has 1 aliphatic heterocycles. The van der Waals surface area contributed by atoms with E-state index in [1.807, 2.05) is 11.0 Å². The number of rotatable bonds is 1. The number of para-hydroxylation sites is 1. The molecule has 0 radical (unpaired) electrons. The predicted octanol–water partition coefficient (Wildman–Crippen LogP) is 1.92. The molecule has 1 aromatic carbocycles. The summed E-state index contributed by atoms with van der Waals surface area (Å²) in [7, 11) is 1.69. The molecule has 1 aromatic rings. The Morgan fingerprint density at radius 2 is 1.72 bits per heavy atom. The third-order valence-electron chi connectivity index (χ3n) is 3.49. The Labute approximate surface area is 109 Å². The van der Waals surface area contributed by atoms with Gasteiger partial charge in [0.05, 0.1) is 0 Å². The molecule has 0 spiro atoms. The maximum Gasteiger partial charge on any atom is 0.317 e. The molecule has 2 rings (SSSR count). The second kappa shape index (κ2) is 5.29. The lowest BCUT2D eigenvalue weighted by atomic mass is 10.1. The Morgan fingerprint density at radius 3 is 2.22 bits per heavy atom. The highest BCUT2D eigenvalue weighted by atomic mass is 16.2. The number of amides is 2. The van der Waals surface area contributed by atoms with Crippen molar-refractivity contribution < 1.29 is 4.79 Å². The van der Waals surface area contributed by atoms with E-state index in [1.54, 1.807) is 7.05 Å². The fourth-order valence-electron chi connectivity index (χ4n) is 2.70. The SMILES string of the molecule is CNC(=O)N1C(C)CN(c2ccccc2)CC1C. The summed E-state index contributed by atoms with van der Waals surface area (Å²) in [5, 5.41) is 2.72. The number of piperazine rings is 1. The third-order valence-corrected chi connectivity index (χ3v) is 3.49. The molecular formula is C14H21N3O.